The van der Waals surface area contributed by atoms with E-state index in [0.29, 0.717) is 62.8 Å². The highest BCUT2D eigenvalue weighted by molar-refractivity contribution is 14.1. The van der Waals surface area contributed by atoms with Gasteiger partial charge in [-0.2, -0.15) is 0 Å². The maximum Gasteiger partial charge on any atom is 0.271 e. The van der Waals surface area contributed by atoms with Crippen LogP contribution in [0.5, 0.6) is 11.5 Å². The fourth-order valence-corrected chi connectivity index (χ4v) is 6.33. The Morgan fingerprint density at radius 2 is 1.68 bits per heavy atom. The Morgan fingerprint density at radius 1 is 1.00 bits per heavy atom. The molecule has 1 aliphatic heterocycles. The van der Waals surface area contributed by atoms with Crippen molar-refractivity contribution in [2.75, 3.05) is 23.9 Å². The van der Waals surface area contributed by atoms with Crippen LogP contribution in [0, 0.1) is 10.5 Å². The largest absolute Gasteiger partial charge is 0.493 e. The van der Waals surface area contributed by atoms with Gasteiger partial charge in [-0.3, -0.25) is 14.5 Å². The summed E-state index contributed by atoms with van der Waals surface area (Å²) < 4.78 is 12.1. The molecule has 224 valence electrons. The fraction of sp³-hybridized carbons (Fsp3) is 0.0938. The van der Waals surface area contributed by atoms with E-state index in [1.165, 1.54) is 18.9 Å². The number of amidine groups is 1. The number of rotatable bonds is 8. The molecular formula is C32H23Cl3IN3O4S. The number of aliphatic imine (C=N–C) groups is 1. The summed E-state index contributed by atoms with van der Waals surface area (Å²) in [6.07, 6.45) is 1.77. The molecule has 2 amide bonds. The Labute approximate surface area is 287 Å². The van der Waals surface area contributed by atoms with E-state index in [0.717, 1.165) is 5.56 Å². The zero-order chi connectivity index (χ0) is 31.4. The number of amides is 2. The van der Waals surface area contributed by atoms with Crippen molar-refractivity contribution in [2.24, 2.45) is 4.99 Å². The summed E-state index contributed by atoms with van der Waals surface area (Å²) in [5, 5.41) is 4.96. The minimum absolute atomic E-state index is 0.243. The number of methoxy groups -OCH3 is 1. The van der Waals surface area contributed by atoms with Gasteiger partial charge in [-0.25, -0.2) is 4.99 Å². The van der Waals surface area contributed by atoms with Gasteiger partial charge in [0.25, 0.3) is 11.8 Å². The molecule has 0 aromatic heterocycles. The molecular weight excluding hydrogens is 756 g/mol. The summed E-state index contributed by atoms with van der Waals surface area (Å²) in [6.45, 7) is 1.64. The van der Waals surface area contributed by atoms with E-state index in [2.05, 4.69) is 27.9 Å². The molecule has 0 atom stereocenters. The van der Waals surface area contributed by atoms with Gasteiger partial charge < -0.3 is 14.8 Å². The molecule has 1 N–H and O–H groups in total. The molecule has 1 heterocycles. The number of halogens is 4. The van der Waals surface area contributed by atoms with Gasteiger partial charge in [-0.15, -0.1) is 0 Å². The summed E-state index contributed by atoms with van der Waals surface area (Å²) in [4.78, 5) is 33.0. The summed E-state index contributed by atoms with van der Waals surface area (Å²) in [5.41, 5.74) is 3.47. The minimum atomic E-state index is -0.350. The van der Waals surface area contributed by atoms with Crippen LogP contribution >= 0.6 is 69.2 Å². The van der Waals surface area contributed by atoms with Gasteiger partial charge >= 0.3 is 0 Å². The topological polar surface area (TPSA) is 80.2 Å². The zero-order valence-corrected chi connectivity index (χ0v) is 28.5. The van der Waals surface area contributed by atoms with Crippen LogP contribution in [-0.2, 0) is 9.59 Å². The van der Waals surface area contributed by atoms with E-state index < -0.39 is 0 Å². The minimum Gasteiger partial charge on any atom is -0.493 e. The highest BCUT2D eigenvalue weighted by atomic mass is 127. The number of benzene rings is 4. The van der Waals surface area contributed by atoms with E-state index in [9.17, 15) is 9.59 Å². The molecule has 12 heteroatoms. The fourth-order valence-electron chi connectivity index (χ4n) is 4.11. The lowest BCUT2D eigenvalue weighted by Crippen LogP contribution is -2.28. The van der Waals surface area contributed by atoms with Crippen LogP contribution in [0.25, 0.3) is 6.08 Å². The number of anilines is 2. The molecule has 0 spiro atoms. The first-order valence-corrected chi connectivity index (χ1v) is 16.0. The monoisotopic (exact) mass is 777 g/mol. The van der Waals surface area contributed by atoms with Crippen LogP contribution < -0.4 is 19.7 Å². The highest BCUT2D eigenvalue weighted by Crippen LogP contribution is 2.40. The molecule has 0 saturated carbocycles. The van der Waals surface area contributed by atoms with Crippen molar-refractivity contribution in [2.45, 2.75) is 6.92 Å². The van der Waals surface area contributed by atoms with Crippen LogP contribution in [0.1, 0.15) is 11.1 Å². The number of carbonyl (C=O) groups excluding carboxylic acids is 2. The number of nitrogens with zero attached hydrogens (tertiary/aromatic N) is 2. The Morgan fingerprint density at radius 3 is 2.34 bits per heavy atom. The van der Waals surface area contributed by atoms with Crippen LogP contribution in [-0.4, -0.2) is 30.7 Å². The second-order valence-electron chi connectivity index (χ2n) is 9.43. The predicted octanol–water partition coefficient (Wildman–Crippen LogP) is 9.39. The number of hydrogen-bond acceptors (Lipinski definition) is 6. The quantitative estimate of drug-likeness (QED) is 0.143. The molecule has 7 nitrogen and oxygen atoms in total. The molecule has 4 aromatic rings. The summed E-state index contributed by atoms with van der Waals surface area (Å²) in [6, 6.07) is 22.9. The van der Waals surface area contributed by atoms with Crippen molar-refractivity contribution in [3.63, 3.8) is 0 Å². The number of aryl methyl sites for hydroxylation is 1. The third-order valence-corrected chi connectivity index (χ3v) is 8.98. The van der Waals surface area contributed by atoms with Gasteiger partial charge in [0, 0.05) is 20.8 Å². The first-order valence-electron chi connectivity index (χ1n) is 13.0. The number of nitrogens with one attached hydrogen (secondary N) is 1. The van der Waals surface area contributed by atoms with Crippen LogP contribution in [0.3, 0.4) is 0 Å². The van der Waals surface area contributed by atoms with E-state index in [1.54, 1.807) is 77.7 Å². The first kappa shape index (κ1) is 32.2. The Balaban J connectivity index is 1.39. The Bertz CT molecular complexity index is 1800. The summed E-state index contributed by atoms with van der Waals surface area (Å²) in [7, 11) is 1.51. The van der Waals surface area contributed by atoms with Crippen molar-refractivity contribution in [1.82, 2.24) is 0 Å². The van der Waals surface area contributed by atoms with E-state index in [-0.39, 0.29) is 18.4 Å². The van der Waals surface area contributed by atoms with Gasteiger partial charge in [-0.1, -0.05) is 40.9 Å². The van der Waals surface area contributed by atoms with Crippen LogP contribution in [0.15, 0.2) is 88.8 Å². The first-order chi connectivity index (χ1) is 21.1. The lowest BCUT2D eigenvalue weighted by Gasteiger charge is -2.16. The lowest BCUT2D eigenvalue weighted by atomic mass is 10.1. The van der Waals surface area contributed by atoms with Crippen LogP contribution in [0.2, 0.25) is 15.1 Å². The Hall–Kier alpha value is -3.22. The van der Waals surface area contributed by atoms with Gasteiger partial charge in [0.15, 0.2) is 23.3 Å². The molecule has 1 aliphatic rings. The Kier molecular flexibility index (Phi) is 10.4. The molecule has 0 unspecified atom stereocenters. The molecule has 1 fully saturated rings. The third-order valence-electron chi connectivity index (χ3n) is 6.30. The van der Waals surface area contributed by atoms with Crippen molar-refractivity contribution >= 4 is 109 Å². The molecule has 5 rings (SSSR count). The molecule has 0 radical (unpaired) electrons. The summed E-state index contributed by atoms with van der Waals surface area (Å²) >= 11 is 21.7. The highest BCUT2D eigenvalue weighted by Gasteiger charge is 2.35. The van der Waals surface area contributed by atoms with Crippen LogP contribution in [0.4, 0.5) is 17.1 Å². The predicted molar refractivity (Wildman–Crippen MR) is 189 cm³/mol. The standard InChI is InChI=1S/C32H23Cl3IN3O4S/c1-18-3-8-23(16-25(18)35)37-29(40)17-43-30-26(36)13-19(14-27(30)42-2)15-28-31(41)39(24-11-6-21(34)7-12-24)32(44-28)38-22-9-4-20(33)5-10-22/h3-16H,17H2,1-2H3,(H,37,40)/b28-15-,38-32?. The van der Waals surface area contributed by atoms with Crippen molar-refractivity contribution < 1.29 is 19.1 Å². The van der Waals surface area contributed by atoms with Crippen molar-refractivity contribution in [1.29, 1.82) is 0 Å². The molecule has 44 heavy (non-hydrogen) atoms. The average molecular weight is 779 g/mol. The second kappa shape index (κ2) is 14.3. The second-order valence-corrected chi connectivity index (χ2v) is 12.9. The molecule has 1 saturated heterocycles. The third kappa shape index (κ3) is 7.70. The van der Waals surface area contributed by atoms with Gasteiger partial charge in [0.05, 0.1) is 27.0 Å². The normalized spacial score (nSPS) is 14.8. The SMILES string of the molecule is COc1cc(/C=C2\SC(=Nc3ccc(Cl)cc3)N(c3ccc(Cl)cc3)C2=O)cc(I)c1OCC(=O)Nc1ccc(C)c(Cl)c1. The van der Waals surface area contributed by atoms with Crippen molar-refractivity contribution in [3.8, 4) is 11.5 Å². The van der Waals surface area contributed by atoms with Gasteiger partial charge in [-0.05, 0) is 131 Å². The zero-order valence-electron chi connectivity index (χ0n) is 23.2. The maximum absolute atomic E-state index is 13.7. The van der Waals surface area contributed by atoms with Gasteiger partial charge in [0.1, 0.15) is 0 Å². The van der Waals surface area contributed by atoms with E-state index >= 15 is 0 Å². The van der Waals surface area contributed by atoms with Crippen molar-refractivity contribution in [3.05, 3.63) is 114 Å². The molecule has 0 bridgehead atoms. The number of carbonyl (C=O) groups is 2. The smallest absolute Gasteiger partial charge is 0.271 e. The average Bonchev–Trinajstić information content (AvgIpc) is 3.29. The molecule has 0 aliphatic carbocycles. The lowest BCUT2D eigenvalue weighted by molar-refractivity contribution is -0.118. The summed E-state index contributed by atoms with van der Waals surface area (Å²) in [5.74, 6) is 0.226. The molecule has 4 aromatic carbocycles. The number of ether oxygens (including phenoxy) is 2. The maximum atomic E-state index is 13.7. The number of hydrogen-bond donors (Lipinski definition) is 1. The van der Waals surface area contributed by atoms with E-state index in [1.807, 2.05) is 19.1 Å². The van der Waals surface area contributed by atoms with E-state index in [4.69, 9.17) is 49.3 Å². The van der Waals surface area contributed by atoms with Gasteiger partial charge in [0.2, 0.25) is 0 Å². The number of thioether (sulfide) groups is 1.